The molecule has 0 heterocycles. The number of carbonyl (C=O) groups is 1. The lowest BCUT2D eigenvalue weighted by Gasteiger charge is -2.16. The second-order valence-electron chi connectivity index (χ2n) is 4.91. The van der Waals surface area contributed by atoms with Crippen LogP contribution >= 0.6 is 15.9 Å². The van der Waals surface area contributed by atoms with Crippen molar-refractivity contribution in [1.29, 1.82) is 0 Å². The number of methoxy groups -OCH3 is 1. The van der Waals surface area contributed by atoms with E-state index in [1.54, 1.807) is 38.3 Å². The van der Waals surface area contributed by atoms with Crippen LogP contribution in [0.2, 0.25) is 0 Å². The molecule has 116 valence electrons. The van der Waals surface area contributed by atoms with Crippen molar-refractivity contribution in [2.75, 3.05) is 12.4 Å². The Morgan fingerprint density at radius 1 is 1.18 bits per heavy atom. The molecule has 5 heteroatoms. The van der Waals surface area contributed by atoms with Gasteiger partial charge in [-0.1, -0.05) is 6.07 Å². The number of hydrogen-bond donors (Lipinski definition) is 1. The standard InChI is InChI=1S/C17H18BrNO3/c1-11-4-9-16(15(18)10-11)22-12(2)17(20)19-13-5-7-14(21-3)8-6-13/h4-10,12H,1-3H3,(H,19,20). The SMILES string of the molecule is COc1ccc(NC(=O)C(C)Oc2ccc(C)cc2Br)cc1. The lowest BCUT2D eigenvalue weighted by atomic mass is 10.2. The van der Waals surface area contributed by atoms with Crippen LogP contribution in [0.1, 0.15) is 12.5 Å². The first kappa shape index (κ1) is 16.4. The van der Waals surface area contributed by atoms with Crippen LogP contribution in [-0.2, 0) is 4.79 Å². The zero-order valence-electron chi connectivity index (χ0n) is 12.7. The molecule has 0 spiro atoms. The van der Waals surface area contributed by atoms with Crippen molar-refractivity contribution in [3.63, 3.8) is 0 Å². The predicted molar refractivity (Wildman–Crippen MR) is 90.6 cm³/mol. The number of hydrogen-bond acceptors (Lipinski definition) is 3. The van der Waals surface area contributed by atoms with Gasteiger partial charge in [0.05, 0.1) is 11.6 Å². The van der Waals surface area contributed by atoms with E-state index >= 15 is 0 Å². The van der Waals surface area contributed by atoms with Gasteiger partial charge in [0, 0.05) is 5.69 Å². The van der Waals surface area contributed by atoms with Crippen molar-refractivity contribution in [2.45, 2.75) is 20.0 Å². The molecule has 2 aromatic carbocycles. The van der Waals surface area contributed by atoms with Gasteiger partial charge in [-0.25, -0.2) is 0 Å². The molecule has 0 bridgehead atoms. The van der Waals surface area contributed by atoms with Crippen molar-refractivity contribution < 1.29 is 14.3 Å². The fourth-order valence-electron chi connectivity index (χ4n) is 1.86. The predicted octanol–water partition coefficient (Wildman–Crippen LogP) is 4.17. The van der Waals surface area contributed by atoms with Gasteiger partial charge in [0.2, 0.25) is 0 Å². The third-order valence-corrected chi connectivity index (χ3v) is 3.74. The number of carbonyl (C=O) groups excluding carboxylic acids is 1. The Morgan fingerprint density at radius 2 is 1.86 bits per heavy atom. The molecule has 0 saturated carbocycles. The van der Waals surface area contributed by atoms with Gasteiger partial charge in [-0.05, 0) is 71.7 Å². The molecule has 1 unspecified atom stereocenters. The van der Waals surface area contributed by atoms with E-state index in [1.807, 2.05) is 25.1 Å². The number of anilines is 1. The number of ether oxygens (including phenoxy) is 2. The van der Waals surface area contributed by atoms with E-state index in [1.165, 1.54) is 0 Å². The van der Waals surface area contributed by atoms with E-state index < -0.39 is 6.10 Å². The zero-order valence-corrected chi connectivity index (χ0v) is 14.3. The van der Waals surface area contributed by atoms with Crippen LogP contribution in [-0.4, -0.2) is 19.1 Å². The van der Waals surface area contributed by atoms with E-state index in [0.29, 0.717) is 11.4 Å². The van der Waals surface area contributed by atoms with Gasteiger partial charge in [0.25, 0.3) is 5.91 Å². The average Bonchev–Trinajstić information content (AvgIpc) is 2.50. The summed E-state index contributed by atoms with van der Waals surface area (Å²) >= 11 is 3.44. The lowest BCUT2D eigenvalue weighted by Crippen LogP contribution is -2.30. The number of nitrogens with one attached hydrogen (secondary N) is 1. The number of aryl methyl sites for hydroxylation is 1. The van der Waals surface area contributed by atoms with Crippen molar-refractivity contribution in [2.24, 2.45) is 0 Å². The maximum Gasteiger partial charge on any atom is 0.265 e. The number of benzene rings is 2. The second kappa shape index (κ2) is 7.31. The summed E-state index contributed by atoms with van der Waals surface area (Å²) in [6, 6.07) is 12.9. The normalized spacial score (nSPS) is 11.6. The van der Waals surface area contributed by atoms with Crippen molar-refractivity contribution >= 4 is 27.5 Å². The van der Waals surface area contributed by atoms with Crippen molar-refractivity contribution in [1.82, 2.24) is 0 Å². The highest BCUT2D eigenvalue weighted by molar-refractivity contribution is 9.10. The third kappa shape index (κ3) is 4.24. The molecule has 2 rings (SSSR count). The Labute approximate surface area is 138 Å². The Morgan fingerprint density at radius 3 is 2.45 bits per heavy atom. The summed E-state index contributed by atoms with van der Waals surface area (Å²) in [6.45, 7) is 3.71. The summed E-state index contributed by atoms with van der Waals surface area (Å²) in [7, 11) is 1.60. The number of rotatable bonds is 5. The summed E-state index contributed by atoms with van der Waals surface area (Å²) < 4.78 is 11.6. The molecule has 0 aliphatic carbocycles. The van der Waals surface area contributed by atoms with Crippen LogP contribution in [0.3, 0.4) is 0 Å². The van der Waals surface area contributed by atoms with Crippen LogP contribution in [0.25, 0.3) is 0 Å². The topological polar surface area (TPSA) is 47.6 Å². The first-order chi connectivity index (χ1) is 10.5. The molecule has 0 radical (unpaired) electrons. The first-order valence-corrected chi connectivity index (χ1v) is 7.66. The minimum absolute atomic E-state index is 0.211. The van der Waals surface area contributed by atoms with Crippen LogP contribution in [0.4, 0.5) is 5.69 Å². The lowest BCUT2D eigenvalue weighted by molar-refractivity contribution is -0.122. The van der Waals surface area contributed by atoms with E-state index in [-0.39, 0.29) is 5.91 Å². The zero-order chi connectivity index (χ0) is 16.1. The number of amides is 1. The van der Waals surface area contributed by atoms with Crippen LogP contribution in [0.5, 0.6) is 11.5 Å². The third-order valence-electron chi connectivity index (χ3n) is 3.12. The maximum atomic E-state index is 12.2. The van der Waals surface area contributed by atoms with Gasteiger partial charge in [-0.3, -0.25) is 4.79 Å². The highest BCUT2D eigenvalue weighted by Crippen LogP contribution is 2.27. The monoisotopic (exact) mass is 363 g/mol. The molecule has 1 atom stereocenters. The highest BCUT2D eigenvalue weighted by Gasteiger charge is 2.16. The summed E-state index contributed by atoms with van der Waals surface area (Å²) in [6.07, 6.45) is -0.610. The van der Waals surface area contributed by atoms with Gasteiger partial charge in [0.1, 0.15) is 11.5 Å². The highest BCUT2D eigenvalue weighted by atomic mass is 79.9. The molecule has 1 amide bonds. The molecule has 0 aliphatic rings. The van der Waals surface area contributed by atoms with Gasteiger partial charge >= 0.3 is 0 Å². The fourth-order valence-corrected chi connectivity index (χ4v) is 2.45. The molecule has 2 aromatic rings. The molecular weight excluding hydrogens is 346 g/mol. The smallest absolute Gasteiger partial charge is 0.265 e. The largest absolute Gasteiger partial charge is 0.497 e. The van der Waals surface area contributed by atoms with E-state index in [4.69, 9.17) is 9.47 Å². The fraction of sp³-hybridized carbons (Fsp3) is 0.235. The summed E-state index contributed by atoms with van der Waals surface area (Å²) in [5.41, 5.74) is 1.82. The average molecular weight is 364 g/mol. The number of halogens is 1. The Hall–Kier alpha value is -2.01. The maximum absolute atomic E-state index is 12.2. The van der Waals surface area contributed by atoms with Gasteiger partial charge < -0.3 is 14.8 Å². The molecule has 4 nitrogen and oxygen atoms in total. The van der Waals surface area contributed by atoms with Gasteiger partial charge in [-0.2, -0.15) is 0 Å². The minimum atomic E-state index is -0.610. The molecule has 0 saturated heterocycles. The molecule has 0 aromatic heterocycles. The quantitative estimate of drug-likeness (QED) is 0.866. The van der Waals surface area contributed by atoms with Gasteiger partial charge in [0.15, 0.2) is 6.10 Å². The summed E-state index contributed by atoms with van der Waals surface area (Å²) in [4.78, 5) is 12.2. The molecule has 1 N–H and O–H groups in total. The van der Waals surface area contributed by atoms with Crippen molar-refractivity contribution in [3.05, 3.63) is 52.5 Å². The Balaban J connectivity index is 1.99. The first-order valence-electron chi connectivity index (χ1n) is 6.87. The van der Waals surface area contributed by atoms with E-state index in [2.05, 4.69) is 21.2 Å². The summed E-state index contributed by atoms with van der Waals surface area (Å²) in [5, 5.41) is 2.81. The Kier molecular flexibility index (Phi) is 5.44. The Bertz CT molecular complexity index is 655. The van der Waals surface area contributed by atoms with Crippen molar-refractivity contribution in [3.8, 4) is 11.5 Å². The molecule has 22 heavy (non-hydrogen) atoms. The van der Waals surface area contributed by atoms with E-state index in [9.17, 15) is 4.79 Å². The molecule has 0 aliphatic heterocycles. The van der Waals surface area contributed by atoms with Gasteiger partial charge in [-0.15, -0.1) is 0 Å². The minimum Gasteiger partial charge on any atom is -0.497 e. The van der Waals surface area contributed by atoms with E-state index in [0.717, 1.165) is 15.8 Å². The van der Waals surface area contributed by atoms with Crippen LogP contribution in [0, 0.1) is 6.92 Å². The van der Waals surface area contributed by atoms with Crippen LogP contribution in [0.15, 0.2) is 46.9 Å². The molecule has 0 fully saturated rings. The van der Waals surface area contributed by atoms with Crippen LogP contribution < -0.4 is 14.8 Å². The summed E-state index contributed by atoms with van der Waals surface area (Å²) in [5.74, 6) is 1.17. The second-order valence-corrected chi connectivity index (χ2v) is 5.77. The molecular formula is C17H18BrNO3.